The quantitative estimate of drug-likeness (QED) is 0.161. The van der Waals surface area contributed by atoms with Gasteiger partial charge in [-0.15, -0.1) is 0 Å². The summed E-state index contributed by atoms with van der Waals surface area (Å²) in [7, 11) is 0. The Bertz CT molecular complexity index is 3640. The van der Waals surface area contributed by atoms with Crippen LogP contribution < -0.4 is 0 Å². The highest BCUT2D eigenvalue weighted by Crippen LogP contribution is 2.58. The predicted molar refractivity (Wildman–Crippen MR) is 265 cm³/mol. The van der Waals surface area contributed by atoms with Crippen molar-refractivity contribution in [2.45, 2.75) is 5.41 Å². The van der Waals surface area contributed by atoms with Crippen LogP contribution in [0.3, 0.4) is 0 Å². The molecule has 0 unspecified atom stereocenters. The van der Waals surface area contributed by atoms with Crippen LogP contribution in [-0.2, 0) is 5.41 Å². The van der Waals surface area contributed by atoms with Crippen LogP contribution in [0.25, 0.3) is 94.8 Å². The Morgan fingerprint density at radius 2 is 0.954 bits per heavy atom. The lowest BCUT2D eigenvalue weighted by atomic mass is 9.67. The van der Waals surface area contributed by atoms with Gasteiger partial charge in [0.1, 0.15) is 11.3 Å². The third-order valence-corrected chi connectivity index (χ3v) is 13.3. The van der Waals surface area contributed by atoms with Crippen molar-refractivity contribution in [1.29, 1.82) is 0 Å². The second kappa shape index (κ2) is 14.8. The molecule has 3 heterocycles. The van der Waals surface area contributed by atoms with Gasteiger partial charge in [-0.05, 0) is 75.8 Å². The van der Waals surface area contributed by atoms with Crippen molar-refractivity contribution in [1.82, 2.24) is 14.5 Å². The van der Waals surface area contributed by atoms with E-state index in [1.807, 2.05) is 18.2 Å². The molecule has 0 atom stereocenters. The summed E-state index contributed by atoms with van der Waals surface area (Å²) in [4.78, 5) is 11.1. The van der Waals surface area contributed by atoms with Gasteiger partial charge in [0, 0.05) is 38.4 Å². The number of nitrogens with zero attached hydrogens (tertiary/aromatic N) is 3. The third-order valence-electron chi connectivity index (χ3n) is 13.3. The molecular weight excluding hydrogens is 791 g/mol. The Hall–Kier alpha value is -8.60. The van der Waals surface area contributed by atoms with E-state index < -0.39 is 5.41 Å². The van der Waals surface area contributed by atoms with Crippen LogP contribution in [0, 0.1) is 0 Å². The van der Waals surface area contributed by atoms with E-state index in [0.717, 1.165) is 67.1 Å². The van der Waals surface area contributed by atoms with E-state index in [1.54, 1.807) is 0 Å². The van der Waals surface area contributed by atoms with Crippen molar-refractivity contribution in [3.8, 4) is 62.0 Å². The molecule has 1 aliphatic rings. The monoisotopic (exact) mass is 829 g/mol. The van der Waals surface area contributed by atoms with Gasteiger partial charge in [0.25, 0.3) is 0 Å². The topological polar surface area (TPSA) is 43.9 Å². The van der Waals surface area contributed by atoms with E-state index in [-0.39, 0.29) is 0 Å². The first kappa shape index (κ1) is 37.0. The minimum atomic E-state index is -0.543. The first-order valence-corrected chi connectivity index (χ1v) is 22.2. The van der Waals surface area contributed by atoms with E-state index in [0.29, 0.717) is 5.82 Å². The van der Waals surface area contributed by atoms with Gasteiger partial charge >= 0.3 is 0 Å². The molecule has 9 aromatic carbocycles. The number of hydrogen-bond donors (Lipinski definition) is 0. The Morgan fingerprint density at radius 3 is 1.68 bits per heavy atom. The fraction of sp³-hybridized carbons (Fsp3) is 0.0164. The first-order valence-electron chi connectivity index (χ1n) is 22.2. The summed E-state index contributed by atoms with van der Waals surface area (Å²) < 4.78 is 8.65. The van der Waals surface area contributed by atoms with Crippen molar-refractivity contribution in [3.05, 3.63) is 259 Å². The molecule has 0 fully saturated rings. The van der Waals surface area contributed by atoms with Crippen molar-refractivity contribution in [3.63, 3.8) is 0 Å². The number of aromatic nitrogens is 3. The van der Waals surface area contributed by atoms with Crippen LogP contribution in [0.5, 0.6) is 0 Å². The SMILES string of the molecule is c1ccc(C2(c3ccccc3)c3ccccc3-c3c(-c4cc(-c5ccc(-c6cc7ccccc7o6)cc5)nc(-c5ccccc5-n5c6ccccc6c6ccccc65)n4)cccc32)cc1. The van der Waals surface area contributed by atoms with E-state index in [2.05, 4.69) is 223 Å². The number of rotatable bonds is 7. The van der Waals surface area contributed by atoms with Crippen LogP contribution in [0.15, 0.2) is 241 Å². The fourth-order valence-electron chi connectivity index (χ4n) is 10.5. The number of furan rings is 1. The minimum Gasteiger partial charge on any atom is -0.456 e. The van der Waals surface area contributed by atoms with Crippen LogP contribution in [0.2, 0.25) is 0 Å². The molecule has 0 aliphatic heterocycles. The highest BCUT2D eigenvalue weighted by molar-refractivity contribution is 6.09. The summed E-state index contributed by atoms with van der Waals surface area (Å²) >= 11 is 0. The van der Waals surface area contributed by atoms with E-state index >= 15 is 0 Å². The largest absolute Gasteiger partial charge is 0.456 e. The van der Waals surface area contributed by atoms with E-state index in [4.69, 9.17) is 14.4 Å². The molecule has 1 aliphatic carbocycles. The molecule has 0 N–H and O–H groups in total. The first-order chi connectivity index (χ1) is 32.2. The van der Waals surface area contributed by atoms with Gasteiger partial charge in [-0.1, -0.05) is 194 Å². The van der Waals surface area contributed by atoms with Crippen LogP contribution in [-0.4, -0.2) is 14.5 Å². The van der Waals surface area contributed by atoms with Crippen molar-refractivity contribution >= 4 is 32.8 Å². The zero-order valence-electron chi connectivity index (χ0n) is 35.3. The Morgan fingerprint density at radius 1 is 0.400 bits per heavy atom. The number of fused-ring (bicyclic) bond motifs is 7. The maximum atomic E-state index is 6.29. The van der Waals surface area contributed by atoms with Crippen LogP contribution in [0.4, 0.5) is 0 Å². The van der Waals surface area contributed by atoms with Crippen molar-refractivity contribution < 1.29 is 4.42 Å². The lowest BCUT2D eigenvalue weighted by Gasteiger charge is -2.33. The highest BCUT2D eigenvalue weighted by Gasteiger charge is 2.46. The summed E-state index contributed by atoms with van der Waals surface area (Å²) in [5.74, 6) is 1.48. The average molecular weight is 830 g/mol. The van der Waals surface area contributed by atoms with Gasteiger partial charge in [0.15, 0.2) is 5.82 Å². The van der Waals surface area contributed by atoms with Crippen molar-refractivity contribution in [2.75, 3.05) is 0 Å². The molecule has 0 radical (unpaired) electrons. The lowest BCUT2D eigenvalue weighted by Crippen LogP contribution is -2.28. The van der Waals surface area contributed by atoms with Gasteiger partial charge < -0.3 is 8.98 Å². The molecule has 0 bridgehead atoms. The predicted octanol–water partition coefficient (Wildman–Crippen LogP) is 15.4. The molecule has 13 rings (SSSR count). The Kier molecular flexibility index (Phi) is 8.40. The Balaban J connectivity index is 1.06. The maximum Gasteiger partial charge on any atom is 0.162 e. The summed E-state index contributed by atoms with van der Waals surface area (Å²) in [5.41, 5.74) is 16.6. The highest BCUT2D eigenvalue weighted by atomic mass is 16.3. The molecule has 65 heavy (non-hydrogen) atoms. The molecule has 0 amide bonds. The van der Waals surface area contributed by atoms with Gasteiger partial charge in [0.2, 0.25) is 0 Å². The maximum absolute atomic E-state index is 6.29. The van der Waals surface area contributed by atoms with Gasteiger partial charge in [0.05, 0.1) is 33.5 Å². The lowest BCUT2D eigenvalue weighted by molar-refractivity contribution is 0.631. The zero-order valence-corrected chi connectivity index (χ0v) is 35.3. The van der Waals surface area contributed by atoms with Crippen molar-refractivity contribution in [2.24, 2.45) is 0 Å². The normalized spacial score (nSPS) is 12.7. The smallest absolute Gasteiger partial charge is 0.162 e. The summed E-state index contributed by atoms with van der Waals surface area (Å²) in [6.45, 7) is 0. The van der Waals surface area contributed by atoms with Gasteiger partial charge in [-0.3, -0.25) is 0 Å². The number of hydrogen-bond acceptors (Lipinski definition) is 3. The van der Waals surface area contributed by atoms with E-state index in [1.165, 1.54) is 44.2 Å². The molecule has 4 heteroatoms. The second-order valence-corrected chi connectivity index (χ2v) is 16.8. The summed E-state index contributed by atoms with van der Waals surface area (Å²) in [5, 5.41) is 3.49. The molecule has 12 aromatic rings. The van der Waals surface area contributed by atoms with Gasteiger partial charge in [-0.25, -0.2) is 9.97 Å². The third kappa shape index (κ3) is 5.71. The van der Waals surface area contributed by atoms with Crippen LogP contribution in [0.1, 0.15) is 22.3 Å². The molecule has 0 spiro atoms. The average Bonchev–Trinajstić information content (AvgIpc) is 4.06. The molecule has 0 saturated heterocycles. The molecular formula is C61H39N3O. The standard InChI is InChI=1S/C61H39N3O/c1-3-19-43(20-4-1)61(44-21-5-2-6-22-44)50-28-12-8-25-47(50)59-48(27-17-29-51(59)61)53-39-52(40-34-36-41(37-35-40)58-38-42-18-7-16-33-57(42)65-58)62-60(63-53)49-26-11-15-32-56(49)64-54-30-13-9-23-45(54)46-24-10-14-31-55(46)64/h1-39H. The minimum absolute atomic E-state index is 0.543. The second-order valence-electron chi connectivity index (χ2n) is 16.8. The molecule has 0 saturated carbocycles. The summed E-state index contributed by atoms with van der Waals surface area (Å²) in [6.07, 6.45) is 0. The molecule has 3 aromatic heterocycles. The summed E-state index contributed by atoms with van der Waals surface area (Å²) in [6, 6.07) is 84.4. The number of benzene rings is 9. The molecule has 4 nitrogen and oxygen atoms in total. The zero-order chi connectivity index (χ0) is 42.9. The molecule has 304 valence electrons. The fourth-order valence-corrected chi connectivity index (χ4v) is 10.5. The Labute approximate surface area is 376 Å². The van der Waals surface area contributed by atoms with Crippen LogP contribution >= 0.6 is 0 Å². The van der Waals surface area contributed by atoms with E-state index in [9.17, 15) is 0 Å². The van der Waals surface area contributed by atoms with Gasteiger partial charge in [-0.2, -0.15) is 0 Å². The number of para-hydroxylation sites is 4.